The second-order valence-electron chi connectivity index (χ2n) is 5.05. The van der Waals surface area contributed by atoms with Crippen LogP contribution in [0.3, 0.4) is 0 Å². The van der Waals surface area contributed by atoms with Gasteiger partial charge in [-0.3, -0.25) is 9.69 Å². The van der Waals surface area contributed by atoms with Gasteiger partial charge in [0.2, 0.25) is 5.76 Å². The van der Waals surface area contributed by atoms with Gasteiger partial charge < -0.3 is 19.6 Å². The molecule has 116 valence electrons. The number of hydrogen-bond donors (Lipinski definition) is 1. The zero-order valence-corrected chi connectivity index (χ0v) is 13.5. The number of carbonyl (C=O) groups excluding carboxylic acids is 1. The summed E-state index contributed by atoms with van der Waals surface area (Å²) in [5.41, 5.74) is 1.74. The first-order chi connectivity index (χ1) is 10.5. The second kappa shape index (κ2) is 5.17. The van der Waals surface area contributed by atoms with E-state index in [0.29, 0.717) is 18.9 Å². The maximum absolute atomic E-state index is 12.5. The summed E-state index contributed by atoms with van der Waals surface area (Å²) in [4.78, 5) is 17.8. The van der Waals surface area contributed by atoms with Gasteiger partial charge in [0.25, 0.3) is 5.17 Å². The molecule has 6 nitrogen and oxygen atoms in total. The molecule has 1 aromatic carbocycles. The minimum absolute atomic E-state index is 0.179. The first-order valence-electron chi connectivity index (χ1n) is 7.11. The Balaban J connectivity index is 2.14. The Hall–Kier alpha value is -2.28. The zero-order valence-electron chi connectivity index (χ0n) is 12.7. The van der Waals surface area contributed by atoms with E-state index in [0.717, 1.165) is 11.4 Å². The second-order valence-corrected chi connectivity index (χ2v) is 5.40. The van der Waals surface area contributed by atoms with Gasteiger partial charge >= 0.3 is 5.91 Å². The monoisotopic (exact) mass is 319 g/mol. The lowest BCUT2D eigenvalue weighted by Gasteiger charge is -2.21. The van der Waals surface area contributed by atoms with Gasteiger partial charge in [0.15, 0.2) is 5.82 Å². The van der Waals surface area contributed by atoms with Gasteiger partial charge in [-0.15, -0.1) is 0 Å². The highest BCUT2D eigenvalue weighted by Gasteiger charge is 2.41. The van der Waals surface area contributed by atoms with E-state index < -0.39 is 0 Å². The Kier molecular flexibility index (Phi) is 3.44. The van der Waals surface area contributed by atoms with Crippen LogP contribution in [-0.2, 0) is 9.53 Å². The van der Waals surface area contributed by atoms with Crippen molar-refractivity contribution in [3.8, 4) is 5.75 Å². The van der Waals surface area contributed by atoms with Crippen LogP contribution in [0.15, 0.2) is 29.8 Å². The number of thiocarbonyl (C=S) groups is 1. The summed E-state index contributed by atoms with van der Waals surface area (Å²) in [5, 5.41) is 9.91. The lowest BCUT2D eigenvalue weighted by molar-refractivity contribution is -0.122. The number of phenolic OH excluding ortho intramolecular Hbond substituents is 1. The fraction of sp³-hybridized carbons (Fsp3) is 0.333. The number of anilines is 2. The molecule has 0 aromatic heterocycles. The third-order valence-corrected chi connectivity index (χ3v) is 4.17. The fourth-order valence-corrected chi connectivity index (χ4v) is 3.12. The quantitative estimate of drug-likeness (QED) is 0.665. The van der Waals surface area contributed by atoms with Crippen LogP contribution in [0, 0.1) is 0 Å². The van der Waals surface area contributed by atoms with Crippen LogP contribution in [0.2, 0.25) is 0 Å². The van der Waals surface area contributed by atoms with E-state index in [1.54, 1.807) is 12.1 Å². The molecule has 3 rings (SSSR count). The van der Waals surface area contributed by atoms with Crippen molar-refractivity contribution < 1.29 is 14.6 Å². The average Bonchev–Trinajstić information content (AvgIpc) is 2.92. The smallest absolute Gasteiger partial charge is 0.300 e. The van der Waals surface area contributed by atoms with Crippen molar-refractivity contribution in [2.24, 2.45) is 0 Å². The van der Waals surface area contributed by atoms with Crippen molar-refractivity contribution in [2.45, 2.75) is 13.8 Å². The first kappa shape index (κ1) is 14.6. The minimum Gasteiger partial charge on any atom is -0.508 e. The lowest BCUT2D eigenvalue weighted by Crippen LogP contribution is -2.31. The Morgan fingerprint density at radius 3 is 2.45 bits per heavy atom. The number of hydrogen-bond acceptors (Lipinski definition) is 6. The molecule has 0 atom stereocenters. The number of aromatic hydroxyl groups is 1. The summed E-state index contributed by atoms with van der Waals surface area (Å²) in [6, 6.07) is 5.12. The molecule has 0 bridgehead atoms. The molecule has 0 spiro atoms. The molecule has 22 heavy (non-hydrogen) atoms. The molecule has 7 heteroatoms. The van der Waals surface area contributed by atoms with Crippen LogP contribution >= 0.6 is 12.2 Å². The normalized spacial score (nSPS) is 20.8. The van der Waals surface area contributed by atoms with Crippen LogP contribution < -0.4 is 9.80 Å². The lowest BCUT2D eigenvalue weighted by atomic mass is 10.2. The zero-order chi connectivity index (χ0) is 16.0. The van der Waals surface area contributed by atoms with Crippen LogP contribution in [0.5, 0.6) is 5.75 Å². The van der Waals surface area contributed by atoms with Gasteiger partial charge in [0, 0.05) is 26.2 Å². The van der Waals surface area contributed by atoms with Crippen molar-refractivity contribution in [3.63, 3.8) is 0 Å². The van der Waals surface area contributed by atoms with Crippen LogP contribution in [0.4, 0.5) is 11.4 Å². The highest BCUT2D eigenvalue weighted by atomic mass is 32.1. The van der Waals surface area contributed by atoms with Gasteiger partial charge in [0.05, 0.1) is 11.4 Å². The van der Waals surface area contributed by atoms with E-state index in [1.807, 2.05) is 36.8 Å². The maximum Gasteiger partial charge on any atom is 0.300 e. The molecular weight excluding hydrogens is 302 g/mol. The molecular formula is C15H17N3O3S. The SMILES string of the molecule is CCN1C(=O)/C(=C2/N(C)c3ccc(O)cc3N2CC)OC1=S. The molecule has 0 aliphatic carbocycles. The van der Waals surface area contributed by atoms with Crippen LogP contribution in [-0.4, -0.2) is 41.2 Å². The summed E-state index contributed by atoms with van der Waals surface area (Å²) in [6.45, 7) is 4.93. The number of rotatable bonds is 2. The van der Waals surface area contributed by atoms with Crippen molar-refractivity contribution >= 4 is 34.7 Å². The summed E-state index contributed by atoms with van der Waals surface area (Å²) in [5.74, 6) is 0.823. The maximum atomic E-state index is 12.5. The van der Waals surface area contributed by atoms with Crippen LogP contribution in [0.25, 0.3) is 0 Å². The molecule has 2 heterocycles. The van der Waals surface area contributed by atoms with Gasteiger partial charge in [0.1, 0.15) is 5.75 Å². The summed E-state index contributed by atoms with van der Waals surface area (Å²) < 4.78 is 5.57. The van der Waals surface area contributed by atoms with Crippen molar-refractivity contribution in [3.05, 3.63) is 29.8 Å². The predicted octanol–water partition coefficient (Wildman–Crippen LogP) is 2.00. The summed E-state index contributed by atoms with van der Waals surface area (Å²) in [6.07, 6.45) is 0. The standard InChI is InChI=1S/C15H17N3O3S/c1-4-17-11-8-9(19)6-7-10(11)16(3)13(17)12-14(20)18(5-2)15(22)21-12/h6-8,19H,4-5H2,1-3H3/b13-12+. The minimum atomic E-state index is -0.232. The summed E-state index contributed by atoms with van der Waals surface area (Å²) >= 11 is 5.12. The van der Waals surface area contributed by atoms with Gasteiger partial charge in [-0.25, -0.2) is 0 Å². The van der Waals surface area contributed by atoms with Crippen LogP contribution in [0.1, 0.15) is 13.8 Å². The number of nitrogens with zero attached hydrogens (tertiary/aromatic N) is 3. The highest BCUT2D eigenvalue weighted by molar-refractivity contribution is 7.80. The molecule has 0 saturated carbocycles. The Bertz CT molecular complexity index is 701. The number of phenols is 1. The third kappa shape index (κ3) is 1.93. The van der Waals surface area contributed by atoms with E-state index >= 15 is 0 Å². The number of likely N-dealkylation sites (N-methyl/N-ethyl adjacent to an activating group) is 1. The molecule has 0 unspecified atom stereocenters. The molecule has 1 aromatic rings. The van der Waals surface area contributed by atoms with E-state index in [9.17, 15) is 9.90 Å². The van der Waals surface area contributed by atoms with Crippen molar-refractivity contribution in [2.75, 3.05) is 29.9 Å². The topological polar surface area (TPSA) is 56.2 Å². The Labute approximate surface area is 134 Å². The number of fused-ring (bicyclic) bond motifs is 1. The Morgan fingerprint density at radius 2 is 1.86 bits per heavy atom. The molecule has 1 fully saturated rings. The highest BCUT2D eigenvalue weighted by Crippen LogP contribution is 2.44. The van der Waals surface area contributed by atoms with E-state index in [1.165, 1.54) is 4.90 Å². The molecule has 2 aliphatic heterocycles. The molecule has 1 N–H and O–H groups in total. The molecule has 0 radical (unpaired) electrons. The first-order valence-corrected chi connectivity index (χ1v) is 7.52. The molecule has 1 amide bonds. The average molecular weight is 319 g/mol. The summed E-state index contributed by atoms with van der Waals surface area (Å²) in [7, 11) is 1.86. The van der Waals surface area contributed by atoms with E-state index in [2.05, 4.69) is 0 Å². The fourth-order valence-electron chi connectivity index (χ4n) is 2.82. The molecule has 1 saturated heterocycles. The van der Waals surface area contributed by atoms with E-state index in [-0.39, 0.29) is 22.6 Å². The van der Waals surface area contributed by atoms with Crippen molar-refractivity contribution in [1.82, 2.24) is 4.90 Å². The third-order valence-electron chi connectivity index (χ3n) is 3.87. The predicted molar refractivity (Wildman–Crippen MR) is 87.6 cm³/mol. The molecule has 2 aliphatic rings. The van der Waals surface area contributed by atoms with Gasteiger partial charge in [-0.05, 0) is 38.2 Å². The Morgan fingerprint density at radius 1 is 1.18 bits per heavy atom. The number of ether oxygens (including phenoxy) is 1. The number of amides is 1. The number of benzene rings is 1. The van der Waals surface area contributed by atoms with Crippen molar-refractivity contribution in [1.29, 1.82) is 0 Å². The number of carbonyl (C=O) groups is 1. The van der Waals surface area contributed by atoms with E-state index in [4.69, 9.17) is 17.0 Å². The van der Waals surface area contributed by atoms with Gasteiger partial charge in [-0.1, -0.05) is 0 Å². The largest absolute Gasteiger partial charge is 0.508 e. The van der Waals surface area contributed by atoms with Gasteiger partial charge in [-0.2, -0.15) is 0 Å².